The Morgan fingerprint density at radius 1 is 1.38 bits per heavy atom. The molecule has 1 aromatic rings. The van der Waals surface area contributed by atoms with Gasteiger partial charge in [-0.2, -0.15) is 0 Å². The number of hydrogen-bond acceptors (Lipinski definition) is 2. The SMILES string of the molecule is CC(C)(N)c1cc(Br)cc(OCC2CC2)c1. The number of halogens is 1. The fourth-order valence-electron chi connectivity index (χ4n) is 1.52. The van der Waals surface area contributed by atoms with E-state index < -0.39 is 0 Å². The molecule has 3 heteroatoms. The Bertz CT molecular complexity index is 380. The lowest BCUT2D eigenvalue weighted by atomic mass is 9.96. The van der Waals surface area contributed by atoms with Gasteiger partial charge in [-0.1, -0.05) is 15.9 Å². The summed E-state index contributed by atoms with van der Waals surface area (Å²) in [5.74, 6) is 1.68. The number of ether oxygens (including phenoxy) is 1. The summed E-state index contributed by atoms with van der Waals surface area (Å²) in [6.45, 7) is 4.83. The second-order valence-corrected chi connectivity index (χ2v) is 6.07. The summed E-state index contributed by atoms with van der Waals surface area (Å²) in [5.41, 5.74) is 6.85. The molecule has 0 radical (unpaired) electrons. The van der Waals surface area contributed by atoms with E-state index in [1.165, 1.54) is 12.8 Å². The summed E-state index contributed by atoms with van der Waals surface area (Å²) in [6, 6.07) is 6.08. The van der Waals surface area contributed by atoms with Crippen molar-refractivity contribution < 1.29 is 4.74 Å². The lowest BCUT2D eigenvalue weighted by Crippen LogP contribution is -2.28. The van der Waals surface area contributed by atoms with Crippen LogP contribution in [0.5, 0.6) is 5.75 Å². The van der Waals surface area contributed by atoms with E-state index in [0.717, 1.165) is 28.3 Å². The summed E-state index contributed by atoms with van der Waals surface area (Å²) >= 11 is 3.49. The molecule has 0 aromatic heterocycles. The Labute approximate surface area is 105 Å². The smallest absolute Gasteiger partial charge is 0.120 e. The third kappa shape index (κ3) is 3.22. The standard InChI is InChI=1S/C13H18BrNO/c1-13(2,15)10-5-11(14)7-12(6-10)16-8-9-3-4-9/h5-7,9H,3-4,8,15H2,1-2H3. The van der Waals surface area contributed by atoms with Crippen molar-refractivity contribution in [3.8, 4) is 5.75 Å². The molecule has 1 aliphatic rings. The van der Waals surface area contributed by atoms with Gasteiger partial charge < -0.3 is 10.5 Å². The average molecular weight is 284 g/mol. The predicted octanol–water partition coefficient (Wildman–Crippen LogP) is 3.43. The largest absolute Gasteiger partial charge is 0.493 e. The summed E-state index contributed by atoms with van der Waals surface area (Å²) in [4.78, 5) is 0. The van der Waals surface area contributed by atoms with Crippen LogP contribution in [0.1, 0.15) is 32.3 Å². The Balaban J connectivity index is 2.14. The van der Waals surface area contributed by atoms with E-state index in [9.17, 15) is 0 Å². The highest BCUT2D eigenvalue weighted by atomic mass is 79.9. The number of rotatable bonds is 4. The molecule has 0 amide bonds. The van der Waals surface area contributed by atoms with E-state index in [1.54, 1.807) is 0 Å². The van der Waals surface area contributed by atoms with E-state index in [4.69, 9.17) is 10.5 Å². The van der Waals surface area contributed by atoms with Crippen LogP contribution in [0.2, 0.25) is 0 Å². The van der Waals surface area contributed by atoms with Gasteiger partial charge in [0, 0.05) is 10.0 Å². The van der Waals surface area contributed by atoms with Crippen molar-refractivity contribution in [2.75, 3.05) is 6.61 Å². The minimum Gasteiger partial charge on any atom is -0.493 e. The zero-order chi connectivity index (χ0) is 11.8. The zero-order valence-corrected chi connectivity index (χ0v) is 11.4. The van der Waals surface area contributed by atoms with Crippen LogP contribution in [0.4, 0.5) is 0 Å². The first-order valence-electron chi connectivity index (χ1n) is 5.68. The first-order chi connectivity index (χ1) is 7.45. The first-order valence-corrected chi connectivity index (χ1v) is 6.47. The topological polar surface area (TPSA) is 35.2 Å². The number of nitrogens with two attached hydrogens (primary N) is 1. The Morgan fingerprint density at radius 2 is 2.06 bits per heavy atom. The van der Waals surface area contributed by atoms with Crippen LogP contribution < -0.4 is 10.5 Å². The highest BCUT2D eigenvalue weighted by molar-refractivity contribution is 9.10. The maximum atomic E-state index is 6.09. The molecule has 2 nitrogen and oxygen atoms in total. The molecule has 0 saturated heterocycles. The van der Waals surface area contributed by atoms with Gasteiger partial charge in [-0.15, -0.1) is 0 Å². The molecule has 2 rings (SSSR count). The van der Waals surface area contributed by atoms with Crippen molar-refractivity contribution in [1.29, 1.82) is 0 Å². The van der Waals surface area contributed by atoms with E-state index in [1.807, 2.05) is 32.0 Å². The van der Waals surface area contributed by atoms with Gasteiger partial charge in [0.1, 0.15) is 5.75 Å². The van der Waals surface area contributed by atoms with Crippen LogP contribution >= 0.6 is 15.9 Å². The minimum absolute atomic E-state index is 0.332. The molecule has 0 spiro atoms. The van der Waals surface area contributed by atoms with Gasteiger partial charge in [-0.05, 0) is 56.4 Å². The summed E-state index contributed by atoms with van der Waals surface area (Å²) in [6.07, 6.45) is 2.62. The molecule has 0 bridgehead atoms. The van der Waals surface area contributed by atoms with Crippen LogP contribution in [0.25, 0.3) is 0 Å². The van der Waals surface area contributed by atoms with Crippen molar-refractivity contribution in [2.24, 2.45) is 11.7 Å². The van der Waals surface area contributed by atoms with E-state index in [0.29, 0.717) is 0 Å². The molecule has 0 aliphatic heterocycles. The molecule has 88 valence electrons. The third-order valence-corrected chi connectivity index (χ3v) is 3.26. The van der Waals surface area contributed by atoms with Crippen LogP contribution in [-0.2, 0) is 5.54 Å². The molecule has 2 N–H and O–H groups in total. The third-order valence-electron chi connectivity index (χ3n) is 2.80. The highest BCUT2D eigenvalue weighted by Crippen LogP contribution is 2.31. The van der Waals surface area contributed by atoms with Gasteiger partial charge in [0.15, 0.2) is 0 Å². The minimum atomic E-state index is -0.332. The van der Waals surface area contributed by atoms with Crippen molar-refractivity contribution in [2.45, 2.75) is 32.2 Å². The quantitative estimate of drug-likeness (QED) is 0.919. The lowest BCUT2D eigenvalue weighted by molar-refractivity contribution is 0.298. The van der Waals surface area contributed by atoms with Gasteiger partial charge in [-0.25, -0.2) is 0 Å². The maximum Gasteiger partial charge on any atom is 0.120 e. The molecule has 0 unspecified atom stereocenters. The van der Waals surface area contributed by atoms with E-state index in [-0.39, 0.29) is 5.54 Å². The zero-order valence-electron chi connectivity index (χ0n) is 9.79. The van der Waals surface area contributed by atoms with Gasteiger partial charge in [0.05, 0.1) is 6.61 Å². The van der Waals surface area contributed by atoms with Gasteiger partial charge in [0.2, 0.25) is 0 Å². The highest BCUT2D eigenvalue weighted by Gasteiger charge is 2.22. The molecule has 16 heavy (non-hydrogen) atoms. The lowest BCUT2D eigenvalue weighted by Gasteiger charge is -2.20. The Kier molecular flexibility index (Phi) is 3.27. The molecular weight excluding hydrogens is 266 g/mol. The summed E-state index contributed by atoms with van der Waals surface area (Å²) in [5, 5.41) is 0. The number of benzene rings is 1. The van der Waals surface area contributed by atoms with Crippen LogP contribution in [0.15, 0.2) is 22.7 Å². The van der Waals surface area contributed by atoms with Gasteiger partial charge in [-0.3, -0.25) is 0 Å². The Hall–Kier alpha value is -0.540. The maximum absolute atomic E-state index is 6.09. The van der Waals surface area contributed by atoms with Gasteiger partial charge >= 0.3 is 0 Å². The molecule has 1 aliphatic carbocycles. The second kappa shape index (κ2) is 4.38. The van der Waals surface area contributed by atoms with Gasteiger partial charge in [0.25, 0.3) is 0 Å². The van der Waals surface area contributed by atoms with Crippen LogP contribution in [0.3, 0.4) is 0 Å². The van der Waals surface area contributed by atoms with Crippen molar-refractivity contribution in [3.05, 3.63) is 28.2 Å². The molecule has 1 saturated carbocycles. The Morgan fingerprint density at radius 3 is 2.62 bits per heavy atom. The van der Waals surface area contributed by atoms with Crippen molar-refractivity contribution >= 4 is 15.9 Å². The van der Waals surface area contributed by atoms with E-state index in [2.05, 4.69) is 15.9 Å². The monoisotopic (exact) mass is 283 g/mol. The van der Waals surface area contributed by atoms with Crippen LogP contribution in [-0.4, -0.2) is 6.61 Å². The normalized spacial score (nSPS) is 16.2. The second-order valence-electron chi connectivity index (χ2n) is 5.15. The fraction of sp³-hybridized carbons (Fsp3) is 0.538. The summed E-state index contributed by atoms with van der Waals surface area (Å²) < 4.78 is 6.78. The molecule has 1 aromatic carbocycles. The summed E-state index contributed by atoms with van der Waals surface area (Å²) in [7, 11) is 0. The van der Waals surface area contributed by atoms with Crippen molar-refractivity contribution in [1.82, 2.24) is 0 Å². The van der Waals surface area contributed by atoms with E-state index >= 15 is 0 Å². The molecule has 1 fully saturated rings. The molecule has 0 heterocycles. The number of hydrogen-bond donors (Lipinski definition) is 1. The van der Waals surface area contributed by atoms with Crippen molar-refractivity contribution in [3.63, 3.8) is 0 Å². The molecular formula is C13H18BrNO. The van der Waals surface area contributed by atoms with Crippen LogP contribution in [0, 0.1) is 5.92 Å². The average Bonchev–Trinajstić information content (AvgIpc) is 2.96. The fourth-order valence-corrected chi connectivity index (χ4v) is 1.99. The predicted molar refractivity (Wildman–Crippen MR) is 69.6 cm³/mol. The first kappa shape index (κ1) is 11.9. The molecule has 0 atom stereocenters.